The molecule has 0 fully saturated rings. The number of carbonyl (C=O) groups is 1. The van der Waals surface area contributed by atoms with Crippen LogP contribution in [0.15, 0.2) is 24.4 Å². The third-order valence-electron chi connectivity index (χ3n) is 2.48. The molecule has 0 aliphatic heterocycles. The Hall–Kier alpha value is -1.29. The Balaban J connectivity index is 2.73. The molecule has 3 nitrogen and oxygen atoms in total. The lowest BCUT2D eigenvalue weighted by atomic mass is 10.1. The van der Waals surface area contributed by atoms with Crippen LogP contribution < -0.4 is 4.74 Å². The summed E-state index contributed by atoms with van der Waals surface area (Å²) in [7, 11) is 1.48. The standard InChI is InChI=1S/C13H8Cl3NO2/c1-19-13-9(2-7(6-18)5-17-13)12-10(15)3-8(14)4-11(12)16/h2-6H,1H3. The first-order valence-electron chi connectivity index (χ1n) is 5.21. The number of pyridine rings is 1. The van der Waals surface area contributed by atoms with E-state index in [-0.39, 0.29) is 0 Å². The molecule has 19 heavy (non-hydrogen) atoms. The summed E-state index contributed by atoms with van der Waals surface area (Å²) in [6, 6.07) is 4.74. The molecule has 0 radical (unpaired) electrons. The molecular formula is C13H8Cl3NO2. The van der Waals surface area contributed by atoms with E-state index >= 15 is 0 Å². The summed E-state index contributed by atoms with van der Waals surface area (Å²) in [5, 5.41) is 1.15. The number of halogens is 3. The van der Waals surface area contributed by atoms with Crippen LogP contribution in [0.2, 0.25) is 15.1 Å². The lowest BCUT2D eigenvalue weighted by molar-refractivity contribution is 0.112. The Bertz CT molecular complexity index is 621. The van der Waals surface area contributed by atoms with Crippen LogP contribution in [0.25, 0.3) is 11.1 Å². The smallest absolute Gasteiger partial charge is 0.221 e. The highest BCUT2D eigenvalue weighted by Gasteiger charge is 2.16. The van der Waals surface area contributed by atoms with Gasteiger partial charge in [0.25, 0.3) is 0 Å². The largest absolute Gasteiger partial charge is 0.481 e. The van der Waals surface area contributed by atoms with E-state index in [9.17, 15) is 4.79 Å². The zero-order valence-corrected chi connectivity index (χ0v) is 12.1. The number of carbonyl (C=O) groups excluding carboxylic acids is 1. The van der Waals surface area contributed by atoms with Gasteiger partial charge < -0.3 is 4.74 Å². The van der Waals surface area contributed by atoms with Crippen molar-refractivity contribution < 1.29 is 9.53 Å². The molecule has 1 aromatic carbocycles. The van der Waals surface area contributed by atoms with Crippen LogP contribution >= 0.6 is 34.8 Å². The second-order valence-electron chi connectivity index (χ2n) is 3.69. The van der Waals surface area contributed by atoms with Crippen LogP contribution in [0.3, 0.4) is 0 Å². The predicted octanol–water partition coefficient (Wildman–Crippen LogP) is 4.53. The number of benzene rings is 1. The molecule has 0 saturated heterocycles. The molecule has 0 N–H and O–H groups in total. The number of hydrogen-bond donors (Lipinski definition) is 0. The highest BCUT2D eigenvalue weighted by molar-refractivity contribution is 6.41. The van der Waals surface area contributed by atoms with Crippen LogP contribution in [-0.4, -0.2) is 18.4 Å². The Labute approximate surface area is 125 Å². The minimum Gasteiger partial charge on any atom is -0.481 e. The molecule has 0 atom stereocenters. The number of methoxy groups -OCH3 is 1. The second-order valence-corrected chi connectivity index (χ2v) is 4.94. The van der Waals surface area contributed by atoms with Crippen LogP contribution in [-0.2, 0) is 0 Å². The minimum atomic E-state index is 0.330. The van der Waals surface area contributed by atoms with E-state index in [2.05, 4.69) is 4.98 Å². The van der Waals surface area contributed by atoms with Crippen molar-refractivity contribution in [3.05, 3.63) is 45.0 Å². The average molecular weight is 317 g/mol. The van der Waals surface area contributed by atoms with Crippen molar-refractivity contribution >= 4 is 41.1 Å². The number of rotatable bonds is 3. The first-order valence-corrected chi connectivity index (χ1v) is 6.34. The van der Waals surface area contributed by atoms with Crippen molar-refractivity contribution in [2.45, 2.75) is 0 Å². The van der Waals surface area contributed by atoms with Crippen LogP contribution in [0.1, 0.15) is 10.4 Å². The number of aldehydes is 1. The molecular weight excluding hydrogens is 309 g/mol. The highest BCUT2D eigenvalue weighted by atomic mass is 35.5. The maximum absolute atomic E-state index is 10.8. The topological polar surface area (TPSA) is 39.2 Å². The van der Waals surface area contributed by atoms with Gasteiger partial charge in [0.2, 0.25) is 5.88 Å². The van der Waals surface area contributed by atoms with Gasteiger partial charge in [0.05, 0.1) is 17.2 Å². The summed E-state index contributed by atoms with van der Waals surface area (Å²) in [6.45, 7) is 0. The van der Waals surface area contributed by atoms with Gasteiger partial charge in [0, 0.05) is 27.9 Å². The van der Waals surface area contributed by atoms with Gasteiger partial charge in [0.15, 0.2) is 6.29 Å². The molecule has 2 rings (SSSR count). The van der Waals surface area contributed by atoms with Gasteiger partial charge in [-0.05, 0) is 18.2 Å². The zero-order valence-electron chi connectivity index (χ0n) is 9.78. The quantitative estimate of drug-likeness (QED) is 0.781. The lowest BCUT2D eigenvalue weighted by Gasteiger charge is -2.11. The first kappa shape index (κ1) is 14.1. The fourth-order valence-corrected chi connectivity index (χ4v) is 2.69. The normalized spacial score (nSPS) is 10.3. The van der Waals surface area contributed by atoms with Crippen molar-refractivity contribution in [1.29, 1.82) is 0 Å². The Kier molecular flexibility index (Phi) is 4.30. The predicted molar refractivity (Wildman–Crippen MR) is 76.6 cm³/mol. The SMILES string of the molecule is COc1ncc(C=O)cc1-c1c(Cl)cc(Cl)cc1Cl. The van der Waals surface area contributed by atoms with E-state index in [0.717, 1.165) is 0 Å². The maximum atomic E-state index is 10.8. The third kappa shape index (κ3) is 2.84. The van der Waals surface area contributed by atoms with E-state index in [1.807, 2.05) is 0 Å². The van der Waals surface area contributed by atoms with E-state index in [1.165, 1.54) is 13.3 Å². The van der Waals surface area contributed by atoms with Crippen molar-refractivity contribution in [3.63, 3.8) is 0 Å². The number of ether oxygens (including phenoxy) is 1. The van der Waals surface area contributed by atoms with E-state index in [0.29, 0.717) is 43.9 Å². The van der Waals surface area contributed by atoms with Crippen LogP contribution in [0.5, 0.6) is 5.88 Å². The summed E-state index contributed by atoms with van der Waals surface area (Å²) in [5.41, 5.74) is 1.47. The molecule has 0 amide bonds. The molecule has 0 saturated carbocycles. The van der Waals surface area contributed by atoms with Crippen LogP contribution in [0, 0.1) is 0 Å². The molecule has 0 spiro atoms. The van der Waals surface area contributed by atoms with Gasteiger partial charge in [-0.3, -0.25) is 4.79 Å². The summed E-state index contributed by atoms with van der Waals surface area (Å²) in [4.78, 5) is 14.9. The fourth-order valence-electron chi connectivity index (χ4n) is 1.67. The molecule has 6 heteroatoms. The van der Waals surface area contributed by atoms with Gasteiger partial charge in [-0.25, -0.2) is 4.98 Å². The molecule has 1 aromatic heterocycles. The van der Waals surface area contributed by atoms with Crippen molar-refractivity contribution in [1.82, 2.24) is 4.98 Å². The van der Waals surface area contributed by atoms with Gasteiger partial charge in [-0.15, -0.1) is 0 Å². The van der Waals surface area contributed by atoms with Gasteiger partial charge in [-0.2, -0.15) is 0 Å². The van der Waals surface area contributed by atoms with E-state index in [1.54, 1.807) is 18.2 Å². The Morgan fingerprint density at radius 2 is 1.79 bits per heavy atom. The number of hydrogen-bond acceptors (Lipinski definition) is 3. The summed E-state index contributed by atoms with van der Waals surface area (Å²) < 4.78 is 5.16. The minimum absolute atomic E-state index is 0.330. The second kappa shape index (κ2) is 5.78. The lowest BCUT2D eigenvalue weighted by Crippen LogP contribution is -1.95. The summed E-state index contributed by atoms with van der Waals surface area (Å²) in [6.07, 6.45) is 2.10. The maximum Gasteiger partial charge on any atom is 0.221 e. The summed E-state index contributed by atoms with van der Waals surface area (Å²) in [5.74, 6) is 0.330. The molecule has 0 aliphatic carbocycles. The van der Waals surface area contributed by atoms with E-state index < -0.39 is 0 Å². The zero-order chi connectivity index (χ0) is 14.0. The number of aromatic nitrogens is 1. The fraction of sp³-hybridized carbons (Fsp3) is 0.0769. The first-order chi connectivity index (χ1) is 9.06. The monoisotopic (exact) mass is 315 g/mol. The third-order valence-corrected chi connectivity index (χ3v) is 3.29. The molecule has 0 unspecified atom stereocenters. The van der Waals surface area contributed by atoms with Crippen molar-refractivity contribution in [2.75, 3.05) is 7.11 Å². The molecule has 1 heterocycles. The molecule has 98 valence electrons. The van der Waals surface area contributed by atoms with Gasteiger partial charge in [-0.1, -0.05) is 34.8 Å². The number of nitrogens with zero attached hydrogens (tertiary/aromatic N) is 1. The van der Waals surface area contributed by atoms with Gasteiger partial charge >= 0.3 is 0 Å². The van der Waals surface area contributed by atoms with Crippen molar-refractivity contribution in [2.24, 2.45) is 0 Å². The van der Waals surface area contributed by atoms with Crippen LogP contribution in [0.4, 0.5) is 0 Å². The highest BCUT2D eigenvalue weighted by Crippen LogP contribution is 2.40. The molecule has 0 aliphatic rings. The molecule has 2 aromatic rings. The van der Waals surface area contributed by atoms with Gasteiger partial charge in [0.1, 0.15) is 0 Å². The average Bonchev–Trinajstić information content (AvgIpc) is 2.37. The van der Waals surface area contributed by atoms with E-state index in [4.69, 9.17) is 39.5 Å². The summed E-state index contributed by atoms with van der Waals surface area (Å²) >= 11 is 18.2. The Morgan fingerprint density at radius 1 is 1.16 bits per heavy atom. The molecule has 0 bridgehead atoms. The van der Waals surface area contributed by atoms with Crippen molar-refractivity contribution in [3.8, 4) is 17.0 Å². The Morgan fingerprint density at radius 3 is 2.32 bits per heavy atom.